The van der Waals surface area contributed by atoms with Crippen LogP contribution >= 0.6 is 11.3 Å². The zero-order valence-corrected chi connectivity index (χ0v) is 10.8. The lowest BCUT2D eigenvalue weighted by molar-refractivity contribution is -0.146. The molecule has 1 aliphatic rings. The Bertz CT molecular complexity index is 650. The summed E-state index contributed by atoms with van der Waals surface area (Å²) in [6.45, 7) is 1.16. The lowest BCUT2D eigenvalue weighted by Gasteiger charge is -2.22. The topological polar surface area (TPSA) is 84.2 Å². The number of alkyl halides is 3. The van der Waals surface area contributed by atoms with Gasteiger partial charge < -0.3 is 10.6 Å². The third kappa shape index (κ3) is 2.33. The molecule has 11 heteroatoms. The third-order valence-corrected chi connectivity index (χ3v) is 3.72. The maximum Gasteiger partial charge on any atom is 0.453 e. The molecule has 0 aliphatic carbocycles. The fraction of sp³-hybridized carbons (Fsp3) is 0.556. The summed E-state index contributed by atoms with van der Waals surface area (Å²) in [5.41, 5.74) is 0. The van der Waals surface area contributed by atoms with Crippen molar-refractivity contribution in [1.29, 1.82) is 0 Å². The van der Waals surface area contributed by atoms with E-state index in [1.54, 1.807) is 0 Å². The van der Waals surface area contributed by atoms with Gasteiger partial charge in [0.2, 0.25) is 10.9 Å². The van der Waals surface area contributed by atoms with Crippen LogP contribution in [0.4, 0.5) is 13.2 Å². The molecule has 0 spiro atoms. The van der Waals surface area contributed by atoms with E-state index >= 15 is 0 Å². The summed E-state index contributed by atoms with van der Waals surface area (Å²) in [7, 11) is 0. The highest BCUT2D eigenvalue weighted by molar-refractivity contribution is 7.16. The maximum absolute atomic E-state index is 12.6. The van der Waals surface area contributed by atoms with Gasteiger partial charge in [-0.2, -0.15) is 22.8 Å². The van der Waals surface area contributed by atoms with Crippen molar-refractivity contribution in [3.63, 3.8) is 0 Å². The Kier molecular flexibility index (Phi) is 3.09. The van der Waals surface area contributed by atoms with Crippen molar-refractivity contribution < 1.29 is 18.0 Å². The minimum absolute atomic E-state index is 0.0588. The number of aromatic nitrogens is 4. The lowest BCUT2D eigenvalue weighted by Crippen LogP contribution is -2.53. The molecule has 1 saturated heterocycles. The molecule has 2 aromatic heterocycles. The Morgan fingerprint density at radius 1 is 1.35 bits per heavy atom. The Labute approximate surface area is 114 Å². The molecule has 0 aromatic carbocycles. The molecule has 1 unspecified atom stereocenters. The van der Waals surface area contributed by atoms with Crippen molar-refractivity contribution >= 4 is 22.2 Å². The molecule has 0 bridgehead atoms. The smallest absolute Gasteiger partial charge is 0.353 e. The van der Waals surface area contributed by atoms with Gasteiger partial charge in [0.25, 0.3) is 5.82 Å². The number of carbonyl (C=O) groups is 1. The number of fused-ring (bicyclic) bond motifs is 1. The molecule has 0 radical (unpaired) electrons. The molecule has 20 heavy (non-hydrogen) atoms. The lowest BCUT2D eigenvalue weighted by atomic mass is 10.1. The molecule has 1 amide bonds. The summed E-state index contributed by atoms with van der Waals surface area (Å²) >= 11 is 0.988. The average Bonchev–Trinajstić information content (AvgIpc) is 2.90. The van der Waals surface area contributed by atoms with Gasteiger partial charge in [-0.15, -0.1) is 10.2 Å². The van der Waals surface area contributed by atoms with Gasteiger partial charge in [0.15, 0.2) is 0 Å². The molecule has 2 N–H and O–H groups in total. The summed E-state index contributed by atoms with van der Waals surface area (Å²) in [4.78, 5) is 11.6. The van der Waals surface area contributed by atoms with E-state index in [0.29, 0.717) is 22.6 Å². The van der Waals surface area contributed by atoms with Crippen LogP contribution in [0.3, 0.4) is 0 Å². The van der Waals surface area contributed by atoms with Crippen molar-refractivity contribution in [2.75, 3.05) is 13.1 Å². The van der Waals surface area contributed by atoms with Crippen molar-refractivity contribution in [1.82, 2.24) is 30.4 Å². The second kappa shape index (κ2) is 4.66. The molecule has 0 saturated carbocycles. The van der Waals surface area contributed by atoms with Gasteiger partial charge in [0.05, 0.1) is 6.04 Å². The van der Waals surface area contributed by atoms with Gasteiger partial charge >= 0.3 is 6.18 Å². The summed E-state index contributed by atoms with van der Waals surface area (Å²) in [6, 6.07) is -0.484. The molecule has 3 rings (SSSR count). The van der Waals surface area contributed by atoms with Gasteiger partial charge in [-0.25, -0.2) is 0 Å². The van der Waals surface area contributed by atoms with Crippen LogP contribution < -0.4 is 10.6 Å². The first-order chi connectivity index (χ1) is 9.45. The highest BCUT2D eigenvalue weighted by Gasteiger charge is 2.38. The van der Waals surface area contributed by atoms with Crippen LogP contribution in [-0.4, -0.2) is 44.8 Å². The fourth-order valence-electron chi connectivity index (χ4n) is 1.90. The normalized spacial score (nSPS) is 20.4. The molecule has 1 aliphatic heterocycles. The van der Waals surface area contributed by atoms with Crippen LogP contribution in [0.25, 0.3) is 4.96 Å². The van der Waals surface area contributed by atoms with Crippen molar-refractivity contribution in [3.05, 3.63) is 10.8 Å². The van der Waals surface area contributed by atoms with E-state index in [2.05, 4.69) is 25.9 Å². The molecular weight excluding hydrogens is 297 g/mol. The van der Waals surface area contributed by atoms with E-state index in [1.165, 1.54) is 0 Å². The van der Waals surface area contributed by atoms with Crippen LogP contribution in [0.5, 0.6) is 0 Å². The minimum atomic E-state index is -4.61. The van der Waals surface area contributed by atoms with E-state index in [9.17, 15) is 18.0 Å². The van der Waals surface area contributed by atoms with Crippen molar-refractivity contribution in [3.8, 4) is 0 Å². The van der Waals surface area contributed by atoms with Crippen LogP contribution in [0.2, 0.25) is 0 Å². The maximum atomic E-state index is 12.6. The predicted octanol–water partition coefficient (Wildman–Crippen LogP) is -0.165. The van der Waals surface area contributed by atoms with E-state index in [-0.39, 0.29) is 17.3 Å². The van der Waals surface area contributed by atoms with E-state index in [1.807, 2.05) is 0 Å². The second-order valence-corrected chi connectivity index (χ2v) is 5.25. The quantitative estimate of drug-likeness (QED) is 0.805. The Morgan fingerprint density at radius 3 is 2.85 bits per heavy atom. The summed E-state index contributed by atoms with van der Waals surface area (Å²) in [5.74, 6) is -1.34. The Hall–Kier alpha value is -1.75. The molecular formula is C9H9F3N6OS. The van der Waals surface area contributed by atoms with Gasteiger partial charge in [-0.05, 0) is 0 Å². The molecule has 2 aromatic rings. The third-order valence-electron chi connectivity index (χ3n) is 2.80. The standard InChI is InChI=1S/C9H9F3N6OS/c10-9(11,12)7-15-16-8-18(7)17-5(20-8)3-4-6(19)14-2-1-13-4/h4,13H,1-3H2,(H,14,19). The Balaban J connectivity index is 1.86. The number of hydrogen-bond acceptors (Lipinski definition) is 6. The number of amides is 1. The monoisotopic (exact) mass is 306 g/mol. The number of piperazine rings is 1. The number of rotatable bonds is 2. The Morgan fingerprint density at radius 2 is 2.15 bits per heavy atom. The highest BCUT2D eigenvalue weighted by Crippen LogP contribution is 2.29. The largest absolute Gasteiger partial charge is 0.453 e. The predicted molar refractivity (Wildman–Crippen MR) is 62.2 cm³/mol. The van der Waals surface area contributed by atoms with Crippen molar-refractivity contribution in [2.24, 2.45) is 0 Å². The van der Waals surface area contributed by atoms with Gasteiger partial charge in [-0.3, -0.25) is 4.79 Å². The second-order valence-electron chi connectivity index (χ2n) is 4.21. The zero-order valence-electron chi connectivity index (χ0n) is 9.94. The summed E-state index contributed by atoms with van der Waals surface area (Å²) in [6.07, 6.45) is -4.39. The van der Waals surface area contributed by atoms with Crippen molar-refractivity contribution in [2.45, 2.75) is 18.6 Å². The summed E-state index contributed by atoms with van der Waals surface area (Å²) in [5, 5.41) is 16.4. The SMILES string of the molecule is O=C1NCCNC1Cc1nn2c(C(F)(F)F)nnc2s1. The first-order valence-electron chi connectivity index (χ1n) is 5.74. The average molecular weight is 306 g/mol. The first kappa shape index (κ1) is 13.2. The first-order valence-corrected chi connectivity index (χ1v) is 6.56. The molecule has 108 valence electrons. The van der Waals surface area contributed by atoms with Crippen LogP contribution in [0.1, 0.15) is 10.8 Å². The molecule has 1 atom stereocenters. The molecule has 1 fully saturated rings. The number of hydrogen-bond donors (Lipinski definition) is 2. The van der Waals surface area contributed by atoms with Crippen LogP contribution in [-0.2, 0) is 17.4 Å². The van der Waals surface area contributed by atoms with Gasteiger partial charge in [0.1, 0.15) is 5.01 Å². The number of nitrogens with one attached hydrogen (secondary N) is 2. The zero-order chi connectivity index (χ0) is 14.3. The number of nitrogens with zero attached hydrogens (tertiary/aromatic N) is 4. The van der Waals surface area contributed by atoms with E-state index in [0.717, 1.165) is 11.3 Å². The summed E-state index contributed by atoms with van der Waals surface area (Å²) < 4.78 is 38.6. The number of carbonyl (C=O) groups excluding carboxylic acids is 1. The number of halogens is 3. The molecule has 7 nitrogen and oxygen atoms in total. The van der Waals surface area contributed by atoms with Crippen LogP contribution in [0, 0.1) is 0 Å². The van der Waals surface area contributed by atoms with E-state index < -0.39 is 18.0 Å². The van der Waals surface area contributed by atoms with E-state index in [4.69, 9.17) is 0 Å². The highest BCUT2D eigenvalue weighted by atomic mass is 32.1. The fourth-order valence-corrected chi connectivity index (χ4v) is 2.78. The van der Waals surface area contributed by atoms with Gasteiger partial charge in [0, 0.05) is 19.5 Å². The van der Waals surface area contributed by atoms with Crippen LogP contribution in [0.15, 0.2) is 0 Å². The minimum Gasteiger partial charge on any atom is -0.353 e. The molecule has 3 heterocycles. The van der Waals surface area contributed by atoms with Gasteiger partial charge in [-0.1, -0.05) is 11.3 Å².